The number of hydrogen-bond donors (Lipinski definition) is 2. The van der Waals surface area contributed by atoms with Crippen molar-refractivity contribution in [3.05, 3.63) is 59.3 Å². The number of ether oxygens (including phenoxy) is 1. The lowest BCUT2D eigenvalue weighted by molar-refractivity contribution is -0.125. The van der Waals surface area contributed by atoms with E-state index in [4.69, 9.17) is 4.74 Å². The van der Waals surface area contributed by atoms with E-state index in [-0.39, 0.29) is 17.9 Å². The summed E-state index contributed by atoms with van der Waals surface area (Å²) in [6.45, 7) is 8.55. The number of imide groups is 1. The van der Waals surface area contributed by atoms with Crippen LogP contribution in [0.4, 0.5) is 10.5 Å². The van der Waals surface area contributed by atoms with Crippen LogP contribution in [0.25, 0.3) is 10.9 Å². The average molecular weight is 517 g/mol. The average Bonchev–Trinajstić information content (AvgIpc) is 3.36. The maximum Gasteiger partial charge on any atom is 0.332 e. The largest absolute Gasteiger partial charge is 0.497 e. The molecule has 8 nitrogen and oxygen atoms in total. The van der Waals surface area contributed by atoms with E-state index < -0.39 is 11.6 Å². The minimum atomic E-state index is -1.20. The molecule has 0 bridgehead atoms. The molecule has 200 valence electrons. The number of hydrogen-bond acceptors (Lipinski definition) is 4. The summed E-state index contributed by atoms with van der Waals surface area (Å²) < 4.78 is 5.41. The molecule has 4 amide bonds. The van der Waals surface area contributed by atoms with Crippen LogP contribution in [-0.2, 0) is 16.8 Å². The van der Waals surface area contributed by atoms with Crippen LogP contribution in [0.2, 0.25) is 0 Å². The van der Waals surface area contributed by atoms with Crippen molar-refractivity contribution < 1.29 is 19.1 Å². The van der Waals surface area contributed by atoms with E-state index in [1.807, 2.05) is 25.1 Å². The monoisotopic (exact) mass is 516 g/mol. The SMILES string of the molecule is COc1ccc2[nH]c3c(c2c1)CCN1C(=O)N(c2ccccc2C(=O)N[C@@H](C)CCCC(C)C)C(=O)[C@]31C. The maximum atomic E-state index is 14.1. The third-order valence-corrected chi connectivity index (χ3v) is 7.95. The maximum absolute atomic E-state index is 14.1. The van der Waals surface area contributed by atoms with E-state index in [0.717, 1.165) is 41.5 Å². The van der Waals surface area contributed by atoms with Gasteiger partial charge in [-0.2, -0.15) is 0 Å². The predicted octanol–water partition coefficient (Wildman–Crippen LogP) is 5.36. The molecule has 2 aromatic carbocycles. The lowest BCUT2D eigenvalue weighted by atomic mass is 9.87. The number of rotatable bonds is 8. The Labute approximate surface area is 223 Å². The molecule has 38 heavy (non-hydrogen) atoms. The lowest BCUT2D eigenvalue weighted by Crippen LogP contribution is -2.49. The second-order valence-electron chi connectivity index (χ2n) is 11.0. The highest BCUT2D eigenvalue weighted by molar-refractivity contribution is 6.25. The molecule has 2 atom stereocenters. The topological polar surface area (TPSA) is 94.7 Å². The number of aromatic amines is 1. The minimum absolute atomic E-state index is 0.0194. The Bertz CT molecular complexity index is 1410. The standard InChI is InChI=1S/C30H36N4O4/c1-18(2)9-8-10-19(3)31-27(35)22-11-6-7-12-25(22)34-28(36)30(4)26-21(15-16-33(30)29(34)37)23-17-20(38-5)13-14-24(23)32-26/h6-7,11-14,17-19,32H,8-10,15-16H2,1-5H3,(H,31,35)/t19-,30-/m0/s1. The van der Waals surface area contributed by atoms with Gasteiger partial charge >= 0.3 is 6.03 Å². The van der Waals surface area contributed by atoms with Gasteiger partial charge in [0.05, 0.1) is 24.1 Å². The molecule has 2 aliphatic rings. The number of para-hydroxylation sites is 1. The Morgan fingerprint density at radius 2 is 1.89 bits per heavy atom. The van der Waals surface area contributed by atoms with Gasteiger partial charge in [-0.1, -0.05) is 38.8 Å². The Balaban J connectivity index is 1.47. The number of fused-ring (bicyclic) bond motifs is 5. The van der Waals surface area contributed by atoms with Gasteiger partial charge in [0.2, 0.25) is 0 Å². The van der Waals surface area contributed by atoms with Crippen LogP contribution in [0.15, 0.2) is 42.5 Å². The lowest BCUT2D eigenvalue weighted by Gasteiger charge is -2.35. The Hall–Kier alpha value is -3.81. The molecule has 0 aliphatic carbocycles. The van der Waals surface area contributed by atoms with Crippen molar-refractivity contribution >= 4 is 34.4 Å². The molecule has 0 saturated carbocycles. The molecule has 8 heteroatoms. The first-order valence-electron chi connectivity index (χ1n) is 13.4. The fraction of sp³-hybridized carbons (Fsp3) is 0.433. The van der Waals surface area contributed by atoms with Gasteiger partial charge in [-0.05, 0) is 68.5 Å². The van der Waals surface area contributed by atoms with Crippen LogP contribution in [0, 0.1) is 5.92 Å². The highest BCUT2D eigenvalue weighted by Gasteiger charge is 2.59. The quantitative estimate of drug-likeness (QED) is 0.394. The highest BCUT2D eigenvalue weighted by atomic mass is 16.5. The van der Waals surface area contributed by atoms with Gasteiger partial charge in [0.25, 0.3) is 11.8 Å². The predicted molar refractivity (Wildman–Crippen MR) is 148 cm³/mol. The molecular weight excluding hydrogens is 480 g/mol. The summed E-state index contributed by atoms with van der Waals surface area (Å²) in [7, 11) is 1.63. The number of H-pyrrole nitrogens is 1. The van der Waals surface area contributed by atoms with Crippen molar-refractivity contribution in [3.63, 3.8) is 0 Å². The zero-order valence-electron chi connectivity index (χ0n) is 22.8. The van der Waals surface area contributed by atoms with Crippen LogP contribution in [-0.4, -0.2) is 47.4 Å². The minimum Gasteiger partial charge on any atom is -0.497 e. The normalized spacial score (nSPS) is 19.6. The van der Waals surface area contributed by atoms with E-state index >= 15 is 0 Å². The van der Waals surface area contributed by atoms with Gasteiger partial charge in [-0.25, -0.2) is 9.69 Å². The van der Waals surface area contributed by atoms with Crippen molar-refractivity contribution in [2.45, 2.75) is 65.0 Å². The second-order valence-corrected chi connectivity index (χ2v) is 11.0. The van der Waals surface area contributed by atoms with Gasteiger partial charge in [0, 0.05) is 23.5 Å². The zero-order chi connectivity index (χ0) is 27.2. The summed E-state index contributed by atoms with van der Waals surface area (Å²) in [5.41, 5.74) is 2.04. The van der Waals surface area contributed by atoms with Crippen LogP contribution in [0.1, 0.15) is 68.6 Å². The smallest absolute Gasteiger partial charge is 0.332 e. The number of methoxy groups -OCH3 is 1. The van der Waals surface area contributed by atoms with Gasteiger partial charge in [0.1, 0.15) is 5.75 Å². The molecule has 0 spiro atoms. The Morgan fingerprint density at radius 1 is 1.13 bits per heavy atom. The number of nitrogens with one attached hydrogen (secondary N) is 2. The number of aromatic nitrogens is 1. The van der Waals surface area contributed by atoms with Gasteiger partial charge in [-0.3, -0.25) is 9.59 Å². The van der Waals surface area contributed by atoms with Crippen molar-refractivity contribution in [2.75, 3.05) is 18.6 Å². The molecule has 2 aliphatic heterocycles. The summed E-state index contributed by atoms with van der Waals surface area (Å²) in [5, 5.41) is 4.05. The van der Waals surface area contributed by atoms with Crippen LogP contribution < -0.4 is 15.0 Å². The third-order valence-electron chi connectivity index (χ3n) is 7.95. The van der Waals surface area contributed by atoms with Gasteiger partial charge in [0.15, 0.2) is 5.54 Å². The molecular formula is C30H36N4O4. The molecule has 0 unspecified atom stereocenters. The van der Waals surface area contributed by atoms with E-state index in [1.165, 1.54) is 4.90 Å². The van der Waals surface area contributed by atoms with Crippen molar-refractivity contribution in [1.82, 2.24) is 15.2 Å². The fourth-order valence-corrected chi connectivity index (χ4v) is 5.82. The molecule has 2 N–H and O–H groups in total. The van der Waals surface area contributed by atoms with Crippen molar-refractivity contribution in [2.24, 2.45) is 5.92 Å². The Morgan fingerprint density at radius 3 is 2.63 bits per heavy atom. The first-order chi connectivity index (χ1) is 18.2. The molecule has 5 rings (SSSR count). The van der Waals surface area contributed by atoms with Gasteiger partial charge < -0.3 is 19.9 Å². The fourth-order valence-electron chi connectivity index (χ4n) is 5.82. The van der Waals surface area contributed by atoms with E-state index in [2.05, 4.69) is 24.1 Å². The summed E-state index contributed by atoms with van der Waals surface area (Å²) in [6, 6.07) is 12.2. The number of urea groups is 1. The molecule has 1 aromatic heterocycles. The number of carbonyl (C=O) groups is 3. The number of nitrogens with zero attached hydrogens (tertiary/aromatic N) is 2. The van der Waals surface area contributed by atoms with E-state index in [0.29, 0.717) is 35.8 Å². The zero-order valence-corrected chi connectivity index (χ0v) is 22.8. The summed E-state index contributed by atoms with van der Waals surface area (Å²) in [6.07, 6.45) is 3.61. The van der Waals surface area contributed by atoms with Crippen LogP contribution in [0.5, 0.6) is 5.75 Å². The van der Waals surface area contributed by atoms with E-state index in [9.17, 15) is 14.4 Å². The molecule has 0 radical (unpaired) electrons. The Kier molecular flexibility index (Phi) is 6.67. The number of amides is 4. The number of benzene rings is 2. The van der Waals surface area contributed by atoms with Crippen LogP contribution >= 0.6 is 0 Å². The highest BCUT2D eigenvalue weighted by Crippen LogP contribution is 2.46. The second kappa shape index (κ2) is 9.82. The molecule has 3 aromatic rings. The molecule has 1 fully saturated rings. The third kappa shape index (κ3) is 4.12. The van der Waals surface area contributed by atoms with Crippen LogP contribution in [0.3, 0.4) is 0 Å². The number of carbonyl (C=O) groups excluding carboxylic acids is 3. The molecule has 1 saturated heterocycles. The van der Waals surface area contributed by atoms with E-state index in [1.54, 1.807) is 43.2 Å². The van der Waals surface area contributed by atoms with Crippen molar-refractivity contribution in [1.29, 1.82) is 0 Å². The first-order valence-corrected chi connectivity index (χ1v) is 13.4. The summed E-state index contributed by atoms with van der Waals surface area (Å²) >= 11 is 0. The van der Waals surface area contributed by atoms with Gasteiger partial charge in [-0.15, -0.1) is 0 Å². The molecule has 3 heterocycles. The first kappa shape index (κ1) is 25.8. The summed E-state index contributed by atoms with van der Waals surface area (Å²) in [5.74, 6) is 0.699. The van der Waals surface area contributed by atoms with Crippen molar-refractivity contribution in [3.8, 4) is 5.75 Å². The summed E-state index contributed by atoms with van der Waals surface area (Å²) in [4.78, 5) is 47.4. The number of anilines is 1.